The molecule has 0 aliphatic rings. The van der Waals surface area contributed by atoms with Gasteiger partial charge in [0.15, 0.2) is 0 Å². The first-order valence-corrected chi connectivity index (χ1v) is 5.46. The lowest BCUT2D eigenvalue weighted by atomic mass is 10.2. The van der Waals surface area contributed by atoms with E-state index in [1.54, 1.807) is 17.8 Å². The zero-order valence-electron chi connectivity index (χ0n) is 6.47. The molecule has 1 aromatic rings. The van der Waals surface area contributed by atoms with Crippen LogP contribution in [0.3, 0.4) is 0 Å². The highest BCUT2D eigenvalue weighted by Gasteiger charge is 2.08. The van der Waals surface area contributed by atoms with Crippen molar-refractivity contribution in [3.63, 3.8) is 0 Å². The van der Waals surface area contributed by atoms with E-state index in [-0.39, 0.29) is 5.75 Å². The summed E-state index contributed by atoms with van der Waals surface area (Å²) >= 11 is 13.3. The molecule has 0 unspecified atom stereocenters. The topological polar surface area (TPSA) is 20.2 Å². The quantitative estimate of drug-likeness (QED) is 0.827. The zero-order valence-corrected chi connectivity index (χ0v) is 8.80. The second-order valence-corrected chi connectivity index (χ2v) is 3.94. The summed E-state index contributed by atoms with van der Waals surface area (Å²) in [6, 6.07) is 3.14. The normalized spacial score (nSPS) is 10.2. The molecular weight excluding hydrogens is 215 g/mol. The van der Waals surface area contributed by atoms with Crippen LogP contribution in [0.25, 0.3) is 0 Å². The Balaban J connectivity index is 3.14. The van der Waals surface area contributed by atoms with Crippen molar-refractivity contribution in [3.05, 3.63) is 27.7 Å². The Bertz CT molecular complexity index is 289. The van der Waals surface area contributed by atoms with E-state index >= 15 is 0 Å². The van der Waals surface area contributed by atoms with Crippen molar-refractivity contribution >= 4 is 35.0 Å². The van der Waals surface area contributed by atoms with Crippen LogP contribution < -0.4 is 0 Å². The van der Waals surface area contributed by atoms with Crippen LogP contribution >= 0.6 is 35.0 Å². The molecule has 1 rings (SSSR count). The van der Waals surface area contributed by atoms with E-state index in [4.69, 9.17) is 23.2 Å². The van der Waals surface area contributed by atoms with Crippen LogP contribution in [0, 0.1) is 0 Å². The molecule has 0 spiro atoms. The lowest BCUT2D eigenvalue weighted by molar-refractivity contribution is 0.475. The fraction of sp³-hybridized carbons (Fsp3) is 0.250. The third-order valence-corrected chi connectivity index (χ3v) is 2.81. The van der Waals surface area contributed by atoms with Crippen molar-refractivity contribution in [1.82, 2.24) is 0 Å². The van der Waals surface area contributed by atoms with Gasteiger partial charge in [0.05, 0.1) is 5.02 Å². The fourth-order valence-corrected chi connectivity index (χ4v) is 2.11. The van der Waals surface area contributed by atoms with Crippen molar-refractivity contribution < 1.29 is 5.11 Å². The number of halogens is 2. The minimum Gasteiger partial charge on any atom is -0.506 e. The van der Waals surface area contributed by atoms with Crippen LogP contribution in [0.5, 0.6) is 5.75 Å². The monoisotopic (exact) mass is 222 g/mol. The first kappa shape index (κ1) is 10.0. The number of phenols is 1. The van der Waals surface area contributed by atoms with Gasteiger partial charge in [-0.25, -0.2) is 0 Å². The molecule has 0 aliphatic carbocycles. The molecule has 0 saturated carbocycles. The van der Waals surface area contributed by atoms with Crippen LogP contribution in [-0.4, -0.2) is 11.4 Å². The summed E-state index contributed by atoms with van der Waals surface area (Å²) in [5, 5.41) is 10.2. The highest BCUT2D eigenvalue weighted by atomic mass is 35.5. The van der Waals surface area contributed by atoms with Gasteiger partial charge in [-0.2, -0.15) is 11.8 Å². The molecule has 4 heteroatoms. The average Bonchev–Trinajstić information content (AvgIpc) is 2.06. The summed E-state index contributed by atoms with van der Waals surface area (Å²) in [4.78, 5) is 0. The third-order valence-electron chi connectivity index (χ3n) is 1.45. The van der Waals surface area contributed by atoms with Gasteiger partial charge in [-0.3, -0.25) is 0 Å². The molecular formula is C8H8Cl2OS. The van der Waals surface area contributed by atoms with Gasteiger partial charge in [0.1, 0.15) is 5.75 Å². The smallest absolute Gasteiger partial charge is 0.134 e. The molecule has 0 amide bonds. The Labute approximate surface area is 85.7 Å². The van der Waals surface area contributed by atoms with Crippen LogP contribution in [0.15, 0.2) is 12.1 Å². The van der Waals surface area contributed by atoms with Gasteiger partial charge in [0, 0.05) is 16.3 Å². The van der Waals surface area contributed by atoms with Gasteiger partial charge in [-0.1, -0.05) is 23.2 Å². The fourth-order valence-electron chi connectivity index (χ4n) is 0.862. The van der Waals surface area contributed by atoms with Gasteiger partial charge in [0.2, 0.25) is 0 Å². The van der Waals surface area contributed by atoms with E-state index in [9.17, 15) is 5.11 Å². The van der Waals surface area contributed by atoms with E-state index in [0.29, 0.717) is 15.8 Å². The highest BCUT2D eigenvalue weighted by Crippen LogP contribution is 2.34. The van der Waals surface area contributed by atoms with Crippen LogP contribution in [0.2, 0.25) is 10.0 Å². The van der Waals surface area contributed by atoms with E-state index in [0.717, 1.165) is 5.56 Å². The standard InChI is InChI=1S/C8H8Cl2OS/c1-12-4-5-6(9)2-3-7(11)8(5)10/h2-3,11H,4H2,1H3. The number of aromatic hydroxyl groups is 1. The predicted octanol–water partition coefficient (Wildman–Crippen LogP) is 3.56. The molecule has 0 aromatic heterocycles. The molecule has 1 nitrogen and oxygen atoms in total. The molecule has 66 valence electrons. The number of hydrogen-bond acceptors (Lipinski definition) is 2. The number of hydrogen-bond donors (Lipinski definition) is 1. The van der Waals surface area contributed by atoms with Crippen LogP contribution in [0.1, 0.15) is 5.56 Å². The maximum Gasteiger partial charge on any atom is 0.134 e. The maximum absolute atomic E-state index is 9.25. The summed E-state index contributed by atoms with van der Waals surface area (Å²) in [5.74, 6) is 0.802. The second kappa shape index (κ2) is 4.26. The lowest BCUT2D eigenvalue weighted by Crippen LogP contribution is -1.84. The first-order valence-electron chi connectivity index (χ1n) is 3.31. The SMILES string of the molecule is CSCc1c(Cl)ccc(O)c1Cl. The van der Waals surface area contributed by atoms with E-state index in [2.05, 4.69) is 0 Å². The summed E-state index contributed by atoms with van der Waals surface area (Å²) in [6.07, 6.45) is 1.96. The largest absolute Gasteiger partial charge is 0.506 e. The summed E-state index contributed by atoms with van der Waals surface area (Å²) in [6.45, 7) is 0. The van der Waals surface area contributed by atoms with Gasteiger partial charge >= 0.3 is 0 Å². The molecule has 12 heavy (non-hydrogen) atoms. The minimum atomic E-state index is 0.0881. The van der Waals surface area contributed by atoms with Crippen molar-refractivity contribution in [2.24, 2.45) is 0 Å². The Morgan fingerprint density at radius 1 is 1.42 bits per heavy atom. The van der Waals surface area contributed by atoms with Crippen LogP contribution in [0.4, 0.5) is 0 Å². The number of benzene rings is 1. The summed E-state index contributed by atoms with van der Waals surface area (Å²) in [5.41, 5.74) is 0.797. The van der Waals surface area contributed by atoms with Gasteiger partial charge < -0.3 is 5.11 Å². The van der Waals surface area contributed by atoms with E-state index in [1.807, 2.05) is 6.26 Å². The maximum atomic E-state index is 9.25. The molecule has 0 fully saturated rings. The zero-order chi connectivity index (χ0) is 9.14. The van der Waals surface area contributed by atoms with E-state index < -0.39 is 0 Å². The Morgan fingerprint density at radius 3 is 2.67 bits per heavy atom. The molecule has 0 heterocycles. The van der Waals surface area contributed by atoms with Gasteiger partial charge in [-0.15, -0.1) is 0 Å². The summed E-state index contributed by atoms with van der Waals surface area (Å²) in [7, 11) is 0. The molecule has 0 aliphatic heterocycles. The molecule has 1 aromatic carbocycles. The molecule has 0 bridgehead atoms. The van der Waals surface area contributed by atoms with Crippen molar-refractivity contribution in [3.8, 4) is 5.75 Å². The number of thioether (sulfide) groups is 1. The summed E-state index contributed by atoms with van der Waals surface area (Å²) < 4.78 is 0. The molecule has 0 radical (unpaired) electrons. The molecule has 0 atom stereocenters. The van der Waals surface area contributed by atoms with Crippen molar-refractivity contribution in [1.29, 1.82) is 0 Å². The molecule has 1 N–H and O–H groups in total. The highest BCUT2D eigenvalue weighted by molar-refractivity contribution is 7.97. The first-order chi connectivity index (χ1) is 5.66. The third kappa shape index (κ3) is 2.00. The minimum absolute atomic E-state index is 0.0881. The predicted molar refractivity (Wildman–Crippen MR) is 55.3 cm³/mol. The lowest BCUT2D eigenvalue weighted by Gasteiger charge is -2.05. The van der Waals surface area contributed by atoms with Crippen LogP contribution in [-0.2, 0) is 5.75 Å². The van der Waals surface area contributed by atoms with Crippen molar-refractivity contribution in [2.45, 2.75) is 5.75 Å². The van der Waals surface area contributed by atoms with Crippen molar-refractivity contribution in [2.75, 3.05) is 6.26 Å². The number of rotatable bonds is 2. The van der Waals surface area contributed by atoms with Gasteiger partial charge in [-0.05, 0) is 18.4 Å². The molecule has 0 saturated heterocycles. The van der Waals surface area contributed by atoms with E-state index in [1.165, 1.54) is 6.07 Å². The van der Waals surface area contributed by atoms with Gasteiger partial charge in [0.25, 0.3) is 0 Å². The Kier molecular flexibility index (Phi) is 3.56. The second-order valence-electron chi connectivity index (χ2n) is 2.29. The Morgan fingerprint density at radius 2 is 2.08 bits per heavy atom. The number of phenolic OH excluding ortho intramolecular Hbond substituents is 1. The Hall–Kier alpha value is -0.0500. The average molecular weight is 223 g/mol.